The molecular formula is C19H18Cl3NO4S. The van der Waals surface area contributed by atoms with E-state index in [-0.39, 0.29) is 38.7 Å². The SMILES string of the molecule is CCOC(=O)/C(=C/c1ccc(Cl)c(Cl)c1Cl)CNS(=O)(=O)c1ccc(C)cc1. The fourth-order valence-corrected chi connectivity index (χ4v) is 3.82. The van der Waals surface area contributed by atoms with Crippen LogP contribution < -0.4 is 4.72 Å². The summed E-state index contributed by atoms with van der Waals surface area (Å²) >= 11 is 18.1. The lowest BCUT2D eigenvalue weighted by Crippen LogP contribution is -2.28. The molecule has 0 spiro atoms. The van der Waals surface area contributed by atoms with Crippen molar-refractivity contribution in [3.05, 3.63) is 68.2 Å². The zero-order chi connectivity index (χ0) is 20.9. The molecule has 0 saturated carbocycles. The molecular weight excluding hydrogens is 445 g/mol. The number of nitrogens with one attached hydrogen (secondary N) is 1. The monoisotopic (exact) mass is 461 g/mol. The third-order valence-electron chi connectivity index (χ3n) is 3.72. The van der Waals surface area contributed by atoms with Gasteiger partial charge >= 0.3 is 5.97 Å². The second-order valence-corrected chi connectivity index (χ2v) is 8.72. The van der Waals surface area contributed by atoms with Gasteiger partial charge < -0.3 is 4.74 Å². The summed E-state index contributed by atoms with van der Waals surface area (Å²) in [6.07, 6.45) is 1.42. The van der Waals surface area contributed by atoms with E-state index in [1.807, 2.05) is 6.92 Å². The quantitative estimate of drug-likeness (QED) is 0.361. The molecule has 0 aliphatic heterocycles. The van der Waals surface area contributed by atoms with E-state index < -0.39 is 16.0 Å². The molecule has 0 heterocycles. The summed E-state index contributed by atoms with van der Waals surface area (Å²) in [5.41, 5.74) is 1.41. The molecule has 2 aromatic rings. The highest BCUT2D eigenvalue weighted by Gasteiger charge is 2.19. The molecule has 2 aromatic carbocycles. The van der Waals surface area contributed by atoms with E-state index in [1.54, 1.807) is 25.1 Å². The number of esters is 1. The molecule has 5 nitrogen and oxygen atoms in total. The van der Waals surface area contributed by atoms with Gasteiger partial charge in [-0.25, -0.2) is 17.9 Å². The van der Waals surface area contributed by atoms with Gasteiger partial charge in [-0.3, -0.25) is 0 Å². The number of hydrogen-bond donors (Lipinski definition) is 1. The van der Waals surface area contributed by atoms with E-state index in [1.165, 1.54) is 24.3 Å². The number of sulfonamides is 1. The van der Waals surface area contributed by atoms with Crippen molar-refractivity contribution in [2.75, 3.05) is 13.2 Å². The molecule has 9 heteroatoms. The van der Waals surface area contributed by atoms with Gasteiger partial charge in [-0.1, -0.05) is 58.6 Å². The Labute approximate surface area is 179 Å². The zero-order valence-electron chi connectivity index (χ0n) is 15.1. The molecule has 1 N–H and O–H groups in total. The highest BCUT2D eigenvalue weighted by molar-refractivity contribution is 7.89. The minimum atomic E-state index is -3.82. The molecule has 0 fully saturated rings. The van der Waals surface area contributed by atoms with Crippen LogP contribution in [0.3, 0.4) is 0 Å². The van der Waals surface area contributed by atoms with Crippen molar-refractivity contribution < 1.29 is 17.9 Å². The van der Waals surface area contributed by atoms with Crippen LogP contribution in [0.5, 0.6) is 0 Å². The third kappa shape index (κ3) is 5.72. The van der Waals surface area contributed by atoms with Gasteiger partial charge in [-0.05, 0) is 43.7 Å². The number of halogens is 3. The maximum Gasteiger partial charge on any atom is 0.335 e. The standard InChI is InChI=1S/C19H18Cl3NO4S/c1-3-27-19(24)14(10-13-6-9-16(20)18(22)17(13)21)11-23-28(25,26)15-7-4-12(2)5-8-15/h4-10,23H,3,11H2,1-2H3/b14-10+. The summed E-state index contributed by atoms with van der Waals surface area (Å²) in [5, 5.41) is 0.555. The van der Waals surface area contributed by atoms with Crippen LogP contribution in [0.25, 0.3) is 6.08 Å². The maximum absolute atomic E-state index is 12.5. The molecule has 150 valence electrons. The van der Waals surface area contributed by atoms with Crippen molar-refractivity contribution in [1.29, 1.82) is 0 Å². The minimum Gasteiger partial charge on any atom is -0.463 e. The number of benzene rings is 2. The summed E-state index contributed by atoms with van der Waals surface area (Å²) in [6, 6.07) is 9.45. The smallest absolute Gasteiger partial charge is 0.335 e. The number of aryl methyl sites for hydroxylation is 1. The Balaban J connectivity index is 2.33. The van der Waals surface area contributed by atoms with E-state index in [9.17, 15) is 13.2 Å². The molecule has 0 amide bonds. The molecule has 0 unspecified atom stereocenters. The first-order valence-electron chi connectivity index (χ1n) is 8.23. The fourth-order valence-electron chi connectivity index (χ4n) is 2.22. The van der Waals surface area contributed by atoms with E-state index in [4.69, 9.17) is 39.5 Å². The lowest BCUT2D eigenvalue weighted by Gasteiger charge is -2.11. The van der Waals surface area contributed by atoms with Gasteiger partial charge in [0.1, 0.15) is 0 Å². The van der Waals surface area contributed by atoms with Crippen molar-refractivity contribution >= 4 is 56.9 Å². The van der Waals surface area contributed by atoms with Crippen molar-refractivity contribution in [2.45, 2.75) is 18.7 Å². The van der Waals surface area contributed by atoms with Crippen LogP contribution >= 0.6 is 34.8 Å². The number of carbonyl (C=O) groups excluding carboxylic acids is 1. The van der Waals surface area contributed by atoms with E-state index >= 15 is 0 Å². The Morgan fingerprint density at radius 2 is 1.71 bits per heavy atom. The topological polar surface area (TPSA) is 72.5 Å². The Morgan fingerprint density at radius 1 is 1.07 bits per heavy atom. The zero-order valence-corrected chi connectivity index (χ0v) is 18.2. The van der Waals surface area contributed by atoms with Crippen LogP contribution in [0.1, 0.15) is 18.1 Å². The highest BCUT2D eigenvalue weighted by atomic mass is 35.5. The van der Waals surface area contributed by atoms with Crippen molar-refractivity contribution in [2.24, 2.45) is 0 Å². The summed E-state index contributed by atoms with van der Waals surface area (Å²) in [6.45, 7) is 3.35. The van der Waals surface area contributed by atoms with Gasteiger partial charge in [0.2, 0.25) is 10.0 Å². The van der Waals surface area contributed by atoms with Crippen LogP contribution in [-0.2, 0) is 19.6 Å². The van der Waals surface area contributed by atoms with Crippen LogP contribution in [0.2, 0.25) is 15.1 Å². The third-order valence-corrected chi connectivity index (χ3v) is 6.44. The Hall–Kier alpha value is -1.57. The number of ether oxygens (including phenoxy) is 1. The molecule has 0 bridgehead atoms. The van der Waals surface area contributed by atoms with Crippen LogP contribution in [0, 0.1) is 6.92 Å². The molecule has 0 aliphatic rings. The first-order valence-corrected chi connectivity index (χ1v) is 10.8. The largest absolute Gasteiger partial charge is 0.463 e. The number of hydrogen-bond acceptors (Lipinski definition) is 4. The van der Waals surface area contributed by atoms with Crippen molar-refractivity contribution in [3.8, 4) is 0 Å². The Kier molecular flexibility index (Phi) is 7.92. The summed E-state index contributed by atoms with van der Waals surface area (Å²) < 4.78 is 32.4. The molecule has 0 aliphatic carbocycles. The predicted molar refractivity (Wildman–Crippen MR) is 112 cm³/mol. The Bertz CT molecular complexity index is 1000. The average molecular weight is 463 g/mol. The average Bonchev–Trinajstić information content (AvgIpc) is 2.65. The van der Waals surface area contributed by atoms with E-state index in [2.05, 4.69) is 4.72 Å². The number of carbonyl (C=O) groups is 1. The van der Waals surface area contributed by atoms with E-state index in [0.717, 1.165) is 5.56 Å². The Morgan fingerprint density at radius 3 is 2.32 bits per heavy atom. The van der Waals surface area contributed by atoms with Gasteiger partial charge in [-0.2, -0.15) is 0 Å². The fraction of sp³-hybridized carbons (Fsp3) is 0.211. The van der Waals surface area contributed by atoms with Crippen LogP contribution in [0.15, 0.2) is 46.9 Å². The van der Waals surface area contributed by atoms with Crippen LogP contribution in [0.4, 0.5) is 0 Å². The van der Waals surface area contributed by atoms with Gasteiger partial charge in [0.05, 0.1) is 32.1 Å². The van der Waals surface area contributed by atoms with Gasteiger partial charge in [0.15, 0.2) is 0 Å². The lowest BCUT2D eigenvalue weighted by molar-refractivity contribution is -0.138. The summed E-state index contributed by atoms with van der Waals surface area (Å²) in [7, 11) is -3.82. The number of rotatable bonds is 7. The molecule has 0 saturated heterocycles. The van der Waals surface area contributed by atoms with Gasteiger partial charge in [0, 0.05) is 6.54 Å². The maximum atomic E-state index is 12.5. The summed E-state index contributed by atoms with van der Waals surface area (Å²) in [4.78, 5) is 12.4. The first kappa shape index (κ1) is 22.7. The van der Waals surface area contributed by atoms with Crippen LogP contribution in [-0.4, -0.2) is 27.5 Å². The predicted octanol–water partition coefficient (Wildman–Crippen LogP) is 4.88. The van der Waals surface area contributed by atoms with Gasteiger partial charge in [0.25, 0.3) is 0 Å². The molecule has 28 heavy (non-hydrogen) atoms. The molecule has 0 aromatic heterocycles. The minimum absolute atomic E-state index is 0.0674. The van der Waals surface area contributed by atoms with Gasteiger partial charge in [-0.15, -0.1) is 0 Å². The summed E-state index contributed by atoms with van der Waals surface area (Å²) in [5.74, 6) is -0.670. The van der Waals surface area contributed by atoms with E-state index in [0.29, 0.717) is 5.56 Å². The highest BCUT2D eigenvalue weighted by Crippen LogP contribution is 2.33. The molecule has 2 rings (SSSR count). The molecule has 0 radical (unpaired) electrons. The second-order valence-electron chi connectivity index (χ2n) is 5.79. The lowest BCUT2D eigenvalue weighted by atomic mass is 10.1. The van der Waals surface area contributed by atoms with Crippen molar-refractivity contribution in [1.82, 2.24) is 4.72 Å². The van der Waals surface area contributed by atoms with Crippen molar-refractivity contribution in [3.63, 3.8) is 0 Å². The molecule has 0 atom stereocenters. The second kappa shape index (κ2) is 9.76. The first-order chi connectivity index (χ1) is 13.2. The normalized spacial score (nSPS) is 12.1.